The molecular formula is C14H12O6S2. The van der Waals surface area contributed by atoms with Gasteiger partial charge in [0.25, 0.3) is 0 Å². The van der Waals surface area contributed by atoms with Gasteiger partial charge in [0.05, 0.1) is 4.90 Å². The van der Waals surface area contributed by atoms with Crippen molar-refractivity contribution in [2.75, 3.05) is 5.75 Å². The Balaban J connectivity index is 2.14. The summed E-state index contributed by atoms with van der Waals surface area (Å²) >= 11 is 0. The number of benzene rings is 2. The van der Waals surface area contributed by atoms with Crippen LogP contribution in [0.3, 0.4) is 0 Å². The molecule has 0 aliphatic carbocycles. The van der Waals surface area contributed by atoms with Crippen LogP contribution in [0, 0.1) is 0 Å². The van der Waals surface area contributed by atoms with Crippen molar-refractivity contribution in [2.45, 2.75) is 9.79 Å². The van der Waals surface area contributed by atoms with Crippen molar-refractivity contribution in [3.05, 3.63) is 60.7 Å². The zero-order chi connectivity index (χ0) is 16.2. The fraction of sp³-hybridized carbons (Fsp3) is 0.0714. The van der Waals surface area contributed by atoms with Gasteiger partial charge in [-0.25, -0.2) is 13.2 Å². The first-order valence-corrected chi connectivity index (χ1v) is 9.17. The highest BCUT2D eigenvalue weighted by Gasteiger charge is 2.25. The van der Waals surface area contributed by atoms with Crippen molar-refractivity contribution < 1.29 is 25.8 Å². The molecule has 0 saturated carbocycles. The summed E-state index contributed by atoms with van der Waals surface area (Å²) in [6.07, 6.45) is 0. The molecule has 0 aromatic heterocycles. The van der Waals surface area contributed by atoms with E-state index in [0.29, 0.717) is 0 Å². The van der Waals surface area contributed by atoms with Crippen LogP contribution in [0.5, 0.6) is 0 Å². The molecule has 0 unspecified atom stereocenters. The molecule has 116 valence electrons. The molecule has 0 fully saturated rings. The van der Waals surface area contributed by atoms with Gasteiger partial charge in [-0.1, -0.05) is 36.4 Å². The lowest BCUT2D eigenvalue weighted by Crippen LogP contribution is -2.22. The first kappa shape index (κ1) is 16.2. The summed E-state index contributed by atoms with van der Waals surface area (Å²) in [5.74, 6) is -2.41. The summed E-state index contributed by atoms with van der Waals surface area (Å²) in [6, 6.07) is 14.3. The average Bonchev–Trinajstić information content (AvgIpc) is 2.48. The standard InChI is InChI=1S/C14H12O6S2/c15-14(11-21(16,17)12-7-3-1-4-8-12)20-22(18,19)13-9-5-2-6-10-13/h1-10H,11H2. The Hall–Kier alpha value is -2.19. The van der Waals surface area contributed by atoms with Crippen molar-refractivity contribution in [3.8, 4) is 0 Å². The van der Waals surface area contributed by atoms with Crippen LogP contribution in [0.2, 0.25) is 0 Å². The van der Waals surface area contributed by atoms with Gasteiger partial charge in [-0.15, -0.1) is 0 Å². The Morgan fingerprint density at radius 3 is 1.73 bits per heavy atom. The summed E-state index contributed by atoms with van der Waals surface area (Å²) in [5.41, 5.74) is 0. The quantitative estimate of drug-likeness (QED) is 0.764. The zero-order valence-corrected chi connectivity index (χ0v) is 12.9. The maximum absolute atomic E-state index is 12.0. The predicted molar refractivity (Wildman–Crippen MR) is 78.2 cm³/mol. The Kier molecular flexibility index (Phi) is 4.62. The summed E-state index contributed by atoms with van der Waals surface area (Å²) in [7, 11) is -8.28. The molecule has 2 rings (SSSR count). The van der Waals surface area contributed by atoms with Crippen LogP contribution in [-0.4, -0.2) is 28.6 Å². The van der Waals surface area contributed by atoms with Crippen molar-refractivity contribution >= 4 is 25.9 Å². The minimum Gasteiger partial charge on any atom is -0.341 e. The molecule has 8 heteroatoms. The van der Waals surface area contributed by atoms with Gasteiger partial charge in [-0.05, 0) is 24.3 Å². The molecule has 0 aliphatic rings. The predicted octanol–water partition coefficient (Wildman–Crippen LogP) is 1.39. The first-order valence-electron chi connectivity index (χ1n) is 6.11. The Labute approximate surface area is 128 Å². The second-order valence-electron chi connectivity index (χ2n) is 4.29. The van der Waals surface area contributed by atoms with E-state index in [1.54, 1.807) is 12.1 Å². The van der Waals surface area contributed by atoms with Gasteiger partial charge in [-0.2, -0.15) is 8.42 Å². The number of hydrogen-bond acceptors (Lipinski definition) is 6. The normalized spacial score (nSPS) is 11.8. The van der Waals surface area contributed by atoms with Crippen molar-refractivity contribution in [1.29, 1.82) is 0 Å². The van der Waals surface area contributed by atoms with Crippen molar-refractivity contribution in [1.82, 2.24) is 0 Å². The summed E-state index contributed by atoms with van der Waals surface area (Å²) in [5, 5.41) is 0. The fourth-order valence-electron chi connectivity index (χ4n) is 1.65. The SMILES string of the molecule is O=C(CS(=O)(=O)c1ccccc1)OS(=O)(=O)c1ccccc1. The average molecular weight is 340 g/mol. The molecular weight excluding hydrogens is 328 g/mol. The van der Waals surface area contributed by atoms with E-state index in [1.165, 1.54) is 48.5 Å². The van der Waals surface area contributed by atoms with Crippen molar-refractivity contribution in [2.24, 2.45) is 0 Å². The highest BCUT2D eigenvalue weighted by Crippen LogP contribution is 2.14. The first-order chi connectivity index (χ1) is 10.3. The molecule has 0 spiro atoms. The monoisotopic (exact) mass is 340 g/mol. The van der Waals surface area contributed by atoms with Crippen LogP contribution in [0.4, 0.5) is 0 Å². The molecule has 6 nitrogen and oxygen atoms in total. The van der Waals surface area contributed by atoms with Crippen LogP contribution in [-0.2, 0) is 28.9 Å². The van der Waals surface area contributed by atoms with Crippen LogP contribution in [0.15, 0.2) is 70.5 Å². The molecule has 2 aromatic carbocycles. The third kappa shape index (κ3) is 3.92. The molecule has 0 heterocycles. The largest absolute Gasteiger partial charge is 0.341 e. The number of hydrogen-bond donors (Lipinski definition) is 0. The van der Waals surface area contributed by atoms with Gasteiger partial charge in [0, 0.05) is 0 Å². The number of rotatable bonds is 5. The van der Waals surface area contributed by atoms with E-state index in [0.717, 1.165) is 0 Å². The fourth-order valence-corrected chi connectivity index (χ4v) is 3.72. The third-order valence-electron chi connectivity index (χ3n) is 2.64. The number of carbonyl (C=O) groups excluding carboxylic acids is 1. The molecule has 2 aromatic rings. The minimum atomic E-state index is -4.33. The van der Waals surface area contributed by atoms with Gasteiger partial charge in [0.1, 0.15) is 4.90 Å². The number of carbonyl (C=O) groups is 1. The third-order valence-corrected chi connectivity index (χ3v) is 5.51. The van der Waals surface area contributed by atoms with E-state index >= 15 is 0 Å². The van der Waals surface area contributed by atoms with Crippen molar-refractivity contribution in [3.63, 3.8) is 0 Å². The lowest BCUT2D eigenvalue weighted by Gasteiger charge is -2.06. The van der Waals surface area contributed by atoms with E-state index in [2.05, 4.69) is 4.18 Å². The van der Waals surface area contributed by atoms with Gasteiger partial charge >= 0.3 is 16.1 Å². The maximum atomic E-state index is 12.0. The lowest BCUT2D eigenvalue weighted by molar-refractivity contribution is -0.130. The van der Waals surface area contributed by atoms with Crippen LogP contribution in [0.25, 0.3) is 0 Å². The molecule has 0 radical (unpaired) electrons. The molecule has 22 heavy (non-hydrogen) atoms. The topological polar surface area (TPSA) is 94.6 Å². The molecule has 0 atom stereocenters. The molecule has 0 N–H and O–H groups in total. The smallest absolute Gasteiger partial charge is 0.341 e. The molecule has 0 bridgehead atoms. The Bertz CT molecular complexity index is 783. The molecule has 0 amide bonds. The highest BCUT2D eigenvalue weighted by molar-refractivity contribution is 7.92. The van der Waals surface area contributed by atoms with E-state index in [-0.39, 0.29) is 9.79 Å². The van der Waals surface area contributed by atoms with Crippen LogP contribution >= 0.6 is 0 Å². The van der Waals surface area contributed by atoms with Gasteiger partial charge in [0.15, 0.2) is 15.6 Å². The summed E-state index contributed by atoms with van der Waals surface area (Å²) in [6.45, 7) is 0. The van der Waals surface area contributed by atoms with E-state index in [9.17, 15) is 21.6 Å². The van der Waals surface area contributed by atoms with Gasteiger partial charge in [0.2, 0.25) is 0 Å². The van der Waals surface area contributed by atoms with Gasteiger partial charge < -0.3 is 4.18 Å². The second kappa shape index (κ2) is 6.29. The van der Waals surface area contributed by atoms with Gasteiger partial charge in [-0.3, -0.25) is 0 Å². The van der Waals surface area contributed by atoms with Crippen LogP contribution < -0.4 is 0 Å². The second-order valence-corrected chi connectivity index (χ2v) is 7.83. The lowest BCUT2D eigenvalue weighted by atomic mass is 10.4. The molecule has 0 aliphatic heterocycles. The number of sulfone groups is 1. The van der Waals surface area contributed by atoms with E-state index in [1.807, 2.05) is 0 Å². The zero-order valence-electron chi connectivity index (χ0n) is 11.2. The summed E-state index contributed by atoms with van der Waals surface area (Å²) in [4.78, 5) is 11.3. The van der Waals surface area contributed by atoms with Crippen LogP contribution in [0.1, 0.15) is 0 Å². The maximum Gasteiger partial charge on any atom is 0.341 e. The Morgan fingerprint density at radius 2 is 1.23 bits per heavy atom. The van der Waals surface area contributed by atoms with E-state index < -0.39 is 31.7 Å². The summed E-state index contributed by atoms with van der Waals surface area (Å²) < 4.78 is 51.9. The highest BCUT2D eigenvalue weighted by atomic mass is 32.2. The minimum absolute atomic E-state index is 0.0796. The Morgan fingerprint density at radius 1 is 0.773 bits per heavy atom. The molecule has 0 saturated heterocycles. The van der Waals surface area contributed by atoms with E-state index in [4.69, 9.17) is 0 Å².